The van der Waals surface area contributed by atoms with Gasteiger partial charge in [-0.2, -0.15) is 13.2 Å². The number of piperidine rings is 1. The summed E-state index contributed by atoms with van der Waals surface area (Å²) in [5, 5.41) is 0. The third kappa shape index (κ3) is 2.36. The molecule has 0 unspecified atom stereocenters. The van der Waals surface area contributed by atoms with Gasteiger partial charge < -0.3 is 4.90 Å². The lowest BCUT2D eigenvalue weighted by Gasteiger charge is -2.35. The van der Waals surface area contributed by atoms with Crippen LogP contribution in [0.4, 0.5) is 17.6 Å². The number of amides is 1. The molecule has 1 heterocycles. The molecule has 0 aliphatic carbocycles. The van der Waals surface area contributed by atoms with Crippen molar-refractivity contribution in [2.45, 2.75) is 38.2 Å². The van der Waals surface area contributed by atoms with Crippen molar-refractivity contribution in [1.82, 2.24) is 4.90 Å². The summed E-state index contributed by atoms with van der Waals surface area (Å²) in [5.74, 6) is -1.86. The highest BCUT2D eigenvalue weighted by Crippen LogP contribution is 2.25. The number of hydrogen-bond acceptors (Lipinski definition) is 1. The third-order valence-corrected chi connectivity index (χ3v) is 2.32. The van der Waals surface area contributed by atoms with E-state index in [4.69, 9.17) is 0 Å². The minimum absolute atomic E-state index is 0.00778. The van der Waals surface area contributed by atoms with Crippen LogP contribution < -0.4 is 0 Å². The van der Waals surface area contributed by atoms with Crippen LogP contribution in [0.2, 0.25) is 0 Å². The Hall–Kier alpha value is -0.810. The molecule has 0 aromatic carbocycles. The standard InChI is InChI=1S/C8H11F4NO/c1-5-4-6(9)2-3-13(5)7(14)8(10,11)12/h5-6H,2-4H2,1H3/t5-,6-/m1/s1. The molecule has 0 spiro atoms. The number of hydrogen-bond donors (Lipinski definition) is 0. The van der Waals surface area contributed by atoms with Crippen molar-refractivity contribution < 1.29 is 22.4 Å². The van der Waals surface area contributed by atoms with Crippen LogP contribution in [0.1, 0.15) is 19.8 Å². The largest absolute Gasteiger partial charge is 0.471 e. The number of halogens is 4. The number of carbonyl (C=O) groups excluding carboxylic acids is 1. The number of carbonyl (C=O) groups is 1. The van der Waals surface area contributed by atoms with Gasteiger partial charge in [0, 0.05) is 12.6 Å². The van der Waals surface area contributed by atoms with Gasteiger partial charge in [-0.1, -0.05) is 0 Å². The summed E-state index contributed by atoms with van der Waals surface area (Å²) in [6, 6.07) is -0.673. The average molecular weight is 213 g/mol. The van der Waals surface area contributed by atoms with Gasteiger partial charge in [-0.15, -0.1) is 0 Å². The minimum Gasteiger partial charge on any atom is -0.332 e. The topological polar surface area (TPSA) is 20.3 Å². The zero-order valence-corrected chi connectivity index (χ0v) is 7.64. The number of nitrogens with zero attached hydrogens (tertiary/aromatic N) is 1. The molecule has 1 aliphatic heterocycles. The lowest BCUT2D eigenvalue weighted by atomic mass is 10.0. The van der Waals surface area contributed by atoms with Crippen molar-refractivity contribution in [3.63, 3.8) is 0 Å². The SMILES string of the molecule is C[C@@H]1C[C@H](F)CCN1C(=O)C(F)(F)F. The van der Waals surface area contributed by atoms with E-state index < -0.39 is 24.3 Å². The van der Waals surface area contributed by atoms with Gasteiger partial charge in [0.2, 0.25) is 0 Å². The van der Waals surface area contributed by atoms with Crippen LogP contribution in [0.5, 0.6) is 0 Å². The molecule has 1 rings (SSSR count). The zero-order valence-electron chi connectivity index (χ0n) is 7.64. The van der Waals surface area contributed by atoms with E-state index in [1.54, 1.807) is 0 Å². The van der Waals surface area contributed by atoms with E-state index in [2.05, 4.69) is 0 Å². The molecule has 1 saturated heterocycles. The van der Waals surface area contributed by atoms with E-state index in [1.807, 2.05) is 0 Å². The predicted molar refractivity (Wildman–Crippen MR) is 41.4 cm³/mol. The lowest BCUT2D eigenvalue weighted by Crippen LogP contribution is -2.50. The first-order valence-corrected chi connectivity index (χ1v) is 4.34. The van der Waals surface area contributed by atoms with Crippen molar-refractivity contribution in [3.05, 3.63) is 0 Å². The highest BCUT2D eigenvalue weighted by atomic mass is 19.4. The van der Waals surface area contributed by atoms with Gasteiger partial charge in [-0.25, -0.2) is 4.39 Å². The van der Waals surface area contributed by atoms with E-state index in [0.29, 0.717) is 4.90 Å². The van der Waals surface area contributed by atoms with Crippen LogP contribution in [0.25, 0.3) is 0 Å². The van der Waals surface area contributed by atoms with Crippen molar-refractivity contribution in [1.29, 1.82) is 0 Å². The summed E-state index contributed by atoms with van der Waals surface area (Å²) in [4.78, 5) is 11.5. The Morgan fingerprint density at radius 3 is 2.43 bits per heavy atom. The molecule has 1 fully saturated rings. The fourth-order valence-corrected chi connectivity index (χ4v) is 1.58. The second kappa shape index (κ2) is 3.74. The number of alkyl halides is 4. The van der Waals surface area contributed by atoms with E-state index >= 15 is 0 Å². The van der Waals surface area contributed by atoms with Crippen LogP contribution in [-0.4, -0.2) is 35.7 Å². The van der Waals surface area contributed by atoms with Crippen LogP contribution in [0, 0.1) is 0 Å². The monoisotopic (exact) mass is 213 g/mol. The molecule has 0 radical (unpaired) electrons. The summed E-state index contributed by atoms with van der Waals surface area (Å²) in [7, 11) is 0. The maximum Gasteiger partial charge on any atom is 0.471 e. The lowest BCUT2D eigenvalue weighted by molar-refractivity contribution is -0.189. The Kier molecular flexibility index (Phi) is 3.01. The normalized spacial score (nSPS) is 29.1. The second-order valence-corrected chi connectivity index (χ2v) is 3.47. The second-order valence-electron chi connectivity index (χ2n) is 3.47. The molecule has 0 saturated carbocycles. The molecule has 0 bridgehead atoms. The van der Waals surface area contributed by atoms with Gasteiger partial charge in [0.25, 0.3) is 0 Å². The summed E-state index contributed by atoms with van der Waals surface area (Å²) in [6.45, 7) is 1.27. The van der Waals surface area contributed by atoms with Gasteiger partial charge in [-0.05, 0) is 19.8 Å². The first-order valence-electron chi connectivity index (χ1n) is 4.34. The van der Waals surface area contributed by atoms with E-state index in [1.165, 1.54) is 6.92 Å². The quantitative estimate of drug-likeness (QED) is 0.563. The van der Waals surface area contributed by atoms with Crippen molar-refractivity contribution >= 4 is 5.91 Å². The van der Waals surface area contributed by atoms with Crippen LogP contribution in [-0.2, 0) is 4.79 Å². The van der Waals surface area contributed by atoms with Crippen LogP contribution in [0.3, 0.4) is 0 Å². The molecular formula is C8H11F4NO. The minimum atomic E-state index is -4.85. The van der Waals surface area contributed by atoms with Crippen molar-refractivity contribution in [2.75, 3.05) is 6.54 Å². The zero-order chi connectivity index (χ0) is 10.9. The van der Waals surface area contributed by atoms with Crippen molar-refractivity contribution in [2.24, 2.45) is 0 Å². The fourth-order valence-electron chi connectivity index (χ4n) is 1.58. The molecule has 2 nitrogen and oxygen atoms in total. The molecule has 6 heteroatoms. The predicted octanol–water partition coefficient (Wildman–Crippen LogP) is 1.90. The third-order valence-electron chi connectivity index (χ3n) is 2.32. The van der Waals surface area contributed by atoms with Crippen molar-refractivity contribution in [3.8, 4) is 0 Å². The number of likely N-dealkylation sites (tertiary alicyclic amines) is 1. The molecule has 2 atom stereocenters. The summed E-state index contributed by atoms with van der Waals surface area (Å²) < 4.78 is 48.8. The molecular weight excluding hydrogens is 202 g/mol. The summed E-state index contributed by atoms with van der Waals surface area (Å²) in [6.07, 6.45) is -5.96. The first kappa shape index (κ1) is 11.3. The molecule has 82 valence electrons. The highest BCUT2D eigenvalue weighted by Gasteiger charge is 2.45. The van der Waals surface area contributed by atoms with Gasteiger partial charge in [0.05, 0.1) is 0 Å². The van der Waals surface area contributed by atoms with E-state index in [-0.39, 0.29) is 19.4 Å². The molecule has 1 amide bonds. The summed E-state index contributed by atoms with van der Waals surface area (Å²) >= 11 is 0. The smallest absolute Gasteiger partial charge is 0.332 e. The summed E-state index contributed by atoms with van der Waals surface area (Å²) in [5.41, 5.74) is 0. The van der Waals surface area contributed by atoms with Gasteiger partial charge in [0.15, 0.2) is 0 Å². The molecule has 14 heavy (non-hydrogen) atoms. The Morgan fingerprint density at radius 1 is 1.43 bits per heavy atom. The maximum absolute atomic E-state index is 12.7. The van der Waals surface area contributed by atoms with Crippen LogP contribution in [0.15, 0.2) is 0 Å². The highest BCUT2D eigenvalue weighted by molar-refractivity contribution is 5.82. The Bertz CT molecular complexity index is 228. The number of rotatable bonds is 0. The molecule has 0 N–H and O–H groups in total. The van der Waals surface area contributed by atoms with E-state index in [9.17, 15) is 22.4 Å². The molecule has 0 aromatic rings. The van der Waals surface area contributed by atoms with Gasteiger partial charge in [0.1, 0.15) is 6.17 Å². The Labute approximate surface area is 78.9 Å². The fraction of sp³-hybridized carbons (Fsp3) is 0.875. The average Bonchev–Trinajstić information content (AvgIpc) is 2.01. The van der Waals surface area contributed by atoms with E-state index in [0.717, 1.165) is 0 Å². The maximum atomic E-state index is 12.7. The van der Waals surface area contributed by atoms with Gasteiger partial charge in [-0.3, -0.25) is 4.79 Å². The molecule has 0 aromatic heterocycles. The Morgan fingerprint density at radius 2 is 2.00 bits per heavy atom. The van der Waals surface area contributed by atoms with Crippen LogP contribution >= 0.6 is 0 Å². The molecule has 1 aliphatic rings. The van der Waals surface area contributed by atoms with Gasteiger partial charge >= 0.3 is 12.1 Å². The first-order chi connectivity index (χ1) is 6.32. The Balaban J connectivity index is 2.65.